The van der Waals surface area contributed by atoms with E-state index in [0.29, 0.717) is 17.2 Å². The van der Waals surface area contributed by atoms with Crippen LogP contribution in [0.15, 0.2) is 47.4 Å². The van der Waals surface area contributed by atoms with E-state index in [0.717, 1.165) is 5.56 Å². The first-order valence-electron chi connectivity index (χ1n) is 7.01. The van der Waals surface area contributed by atoms with Gasteiger partial charge in [-0.05, 0) is 29.8 Å². The molecule has 0 saturated carbocycles. The number of ether oxygens (including phenoxy) is 3. The zero-order valence-corrected chi connectivity index (χ0v) is 13.7. The average molecular weight is 335 g/mol. The fourth-order valence-electron chi connectivity index (χ4n) is 2.14. The Bertz CT molecular complexity index is 817. The van der Waals surface area contributed by atoms with Gasteiger partial charge >= 0.3 is 0 Å². The molecule has 1 heterocycles. The Morgan fingerprint density at radius 1 is 1.09 bits per heavy atom. The van der Waals surface area contributed by atoms with E-state index in [-0.39, 0.29) is 18.3 Å². The van der Waals surface area contributed by atoms with E-state index in [1.54, 1.807) is 36.4 Å². The number of sulfonamides is 1. The first-order chi connectivity index (χ1) is 11.0. The predicted molar refractivity (Wildman–Crippen MR) is 84.2 cm³/mol. The molecule has 0 spiro atoms. The molecule has 2 aromatic carbocycles. The quantitative estimate of drug-likeness (QED) is 0.838. The van der Waals surface area contributed by atoms with Gasteiger partial charge in [0, 0.05) is 20.2 Å². The molecule has 0 atom stereocenters. The molecule has 1 aliphatic heterocycles. The smallest absolute Gasteiger partial charge is 0.242 e. The van der Waals surface area contributed by atoms with Gasteiger partial charge < -0.3 is 14.2 Å². The van der Waals surface area contributed by atoms with Crippen molar-refractivity contribution >= 4 is 10.0 Å². The van der Waals surface area contributed by atoms with Gasteiger partial charge in [0.05, 0.1) is 4.90 Å². The minimum absolute atomic E-state index is 0.212. The molecule has 0 fully saturated rings. The fourth-order valence-corrected chi connectivity index (χ4v) is 3.11. The molecule has 122 valence electrons. The SMILES string of the molecule is CN(C)S(=O)(=O)c1cccc(COc2ccc3c(c2)OCO3)c1. The standard InChI is InChI=1S/C16H17NO5S/c1-17(2)23(18,19)14-5-3-4-12(8-14)10-20-13-6-7-15-16(9-13)22-11-21-15/h3-9H,10-11H2,1-2H3. The van der Waals surface area contributed by atoms with Gasteiger partial charge in [-0.1, -0.05) is 12.1 Å². The Morgan fingerprint density at radius 2 is 1.87 bits per heavy atom. The Hall–Kier alpha value is -2.25. The van der Waals surface area contributed by atoms with E-state index in [4.69, 9.17) is 14.2 Å². The van der Waals surface area contributed by atoms with Gasteiger partial charge in [0.15, 0.2) is 11.5 Å². The van der Waals surface area contributed by atoms with E-state index >= 15 is 0 Å². The zero-order valence-electron chi connectivity index (χ0n) is 12.9. The summed E-state index contributed by atoms with van der Waals surface area (Å²) < 4.78 is 41.7. The zero-order chi connectivity index (χ0) is 16.4. The van der Waals surface area contributed by atoms with Crippen molar-refractivity contribution in [2.24, 2.45) is 0 Å². The van der Waals surface area contributed by atoms with Crippen molar-refractivity contribution in [3.63, 3.8) is 0 Å². The molecule has 0 bridgehead atoms. The van der Waals surface area contributed by atoms with Crippen molar-refractivity contribution in [2.75, 3.05) is 20.9 Å². The second kappa shape index (κ2) is 6.10. The Morgan fingerprint density at radius 3 is 2.65 bits per heavy atom. The third-order valence-electron chi connectivity index (χ3n) is 3.43. The molecule has 23 heavy (non-hydrogen) atoms. The first kappa shape index (κ1) is 15.6. The highest BCUT2D eigenvalue weighted by Gasteiger charge is 2.17. The summed E-state index contributed by atoms with van der Waals surface area (Å²) in [6.07, 6.45) is 0. The van der Waals surface area contributed by atoms with Crippen LogP contribution < -0.4 is 14.2 Å². The van der Waals surface area contributed by atoms with E-state index in [1.807, 2.05) is 6.07 Å². The monoisotopic (exact) mass is 335 g/mol. The predicted octanol–water partition coefficient (Wildman–Crippen LogP) is 2.24. The average Bonchev–Trinajstić information content (AvgIpc) is 3.00. The number of benzene rings is 2. The van der Waals surface area contributed by atoms with Crippen LogP contribution in [0.5, 0.6) is 17.2 Å². The number of rotatable bonds is 5. The van der Waals surface area contributed by atoms with Crippen LogP contribution in [0.1, 0.15) is 5.56 Å². The molecular weight excluding hydrogens is 318 g/mol. The van der Waals surface area contributed by atoms with E-state index in [2.05, 4.69) is 0 Å². The summed E-state index contributed by atoms with van der Waals surface area (Å²) in [6, 6.07) is 12.0. The minimum atomic E-state index is -3.45. The molecule has 0 N–H and O–H groups in total. The van der Waals surface area contributed by atoms with Gasteiger partial charge in [0.25, 0.3) is 0 Å². The lowest BCUT2D eigenvalue weighted by Gasteiger charge is -2.12. The van der Waals surface area contributed by atoms with E-state index in [9.17, 15) is 8.42 Å². The molecule has 0 saturated heterocycles. The summed E-state index contributed by atoms with van der Waals surface area (Å²) in [5.41, 5.74) is 0.769. The largest absolute Gasteiger partial charge is 0.489 e. The summed E-state index contributed by atoms with van der Waals surface area (Å²) in [4.78, 5) is 0.245. The van der Waals surface area contributed by atoms with Crippen molar-refractivity contribution in [1.82, 2.24) is 4.31 Å². The van der Waals surface area contributed by atoms with Crippen molar-refractivity contribution in [3.05, 3.63) is 48.0 Å². The van der Waals surface area contributed by atoms with Crippen LogP contribution in [0.4, 0.5) is 0 Å². The van der Waals surface area contributed by atoms with Crippen LogP contribution >= 0.6 is 0 Å². The highest BCUT2D eigenvalue weighted by molar-refractivity contribution is 7.89. The van der Waals surface area contributed by atoms with Crippen LogP contribution in [-0.4, -0.2) is 33.6 Å². The van der Waals surface area contributed by atoms with E-state index in [1.165, 1.54) is 18.4 Å². The molecule has 6 nitrogen and oxygen atoms in total. The number of hydrogen-bond acceptors (Lipinski definition) is 5. The normalized spacial score (nSPS) is 13.3. The second-order valence-electron chi connectivity index (χ2n) is 5.24. The highest BCUT2D eigenvalue weighted by Crippen LogP contribution is 2.35. The number of fused-ring (bicyclic) bond motifs is 1. The van der Waals surface area contributed by atoms with Gasteiger partial charge in [-0.15, -0.1) is 0 Å². The molecule has 0 unspecified atom stereocenters. The van der Waals surface area contributed by atoms with Crippen LogP contribution in [0.3, 0.4) is 0 Å². The van der Waals surface area contributed by atoms with Crippen molar-refractivity contribution < 1.29 is 22.6 Å². The van der Waals surface area contributed by atoms with Gasteiger partial charge in [-0.2, -0.15) is 0 Å². The summed E-state index contributed by atoms with van der Waals surface area (Å²) in [5.74, 6) is 1.97. The van der Waals surface area contributed by atoms with Gasteiger partial charge in [0.1, 0.15) is 12.4 Å². The number of hydrogen-bond donors (Lipinski definition) is 0. The maximum atomic E-state index is 12.1. The molecule has 0 amide bonds. The van der Waals surface area contributed by atoms with Gasteiger partial charge in [-0.25, -0.2) is 12.7 Å². The minimum Gasteiger partial charge on any atom is -0.489 e. The van der Waals surface area contributed by atoms with Crippen LogP contribution in [0.2, 0.25) is 0 Å². The van der Waals surface area contributed by atoms with Crippen LogP contribution in [-0.2, 0) is 16.6 Å². The molecule has 2 aromatic rings. The van der Waals surface area contributed by atoms with Gasteiger partial charge in [-0.3, -0.25) is 0 Å². The molecule has 1 aliphatic rings. The lowest BCUT2D eigenvalue weighted by molar-refractivity contribution is 0.173. The molecule has 0 aromatic heterocycles. The molecule has 0 aliphatic carbocycles. The van der Waals surface area contributed by atoms with E-state index < -0.39 is 10.0 Å². The summed E-state index contributed by atoms with van der Waals surface area (Å²) in [6.45, 7) is 0.472. The summed E-state index contributed by atoms with van der Waals surface area (Å²) in [7, 11) is -0.439. The molecule has 3 rings (SSSR count). The maximum Gasteiger partial charge on any atom is 0.242 e. The van der Waals surface area contributed by atoms with Crippen molar-refractivity contribution in [1.29, 1.82) is 0 Å². The fraction of sp³-hybridized carbons (Fsp3) is 0.250. The van der Waals surface area contributed by atoms with Crippen molar-refractivity contribution in [3.8, 4) is 17.2 Å². The molecule has 7 heteroatoms. The topological polar surface area (TPSA) is 65.1 Å². The lowest BCUT2D eigenvalue weighted by Crippen LogP contribution is -2.22. The highest BCUT2D eigenvalue weighted by atomic mass is 32.2. The van der Waals surface area contributed by atoms with Crippen LogP contribution in [0, 0.1) is 0 Å². The maximum absolute atomic E-state index is 12.1. The second-order valence-corrected chi connectivity index (χ2v) is 7.39. The van der Waals surface area contributed by atoms with Crippen molar-refractivity contribution in [2.45, 2.75) is 11.5 Å². The Labute approximate surface area is 135 Å². The molecular formula is C16H17NO5S. The lowest BCUT2D eigenvalue weighted by atomic mass is 10.2. The van der Waals surface area contributed by atoms with Gasteiger partial charge in [0.2, 0.25) is 16.8 Å². The number of nitrogens with zero attached hydrogens (tertiary/aromatic N) is 1. The summed E-state index contributed by atoms with van der Waals surface area (Å²) >= 11 is 0. The molecule has 0 radical (unpaired) electrons. The first-order valence-corrected chi connectivity index (χ1v) is 8.45. The van der Waals surface area contributed by atoms with Crippen LogP contribution in [0.25, 0.3) is 0 Å². The third kappa shape index (κ3) is 3.25. The summed E-state index contributed by atoms with van der Waals surface area (Å²) in [5, 5.41) is 0. The Balaban J connectivity index is 1.74. The Kier molecular flexibility index (Phi) is 4.14. The third-order valence-corrected chi connectivity index (χ3v) is 5.24.